The van der Waals surface area contributed by atoms with E-state index in [2.05, 4.69) is 29.2 Å². The van der Waals surface area contributed by atoms with Gasteiger partial charge in [-0.05, 0) is 30.2 Å². The fraction of sp³-hybridized carbons (Fsp3) is 0.348. The van der Waals surface area contributed by atoms with Crippen LogP contribution in [0.25, 0.3) is 6.08 Å². The van der Waals surface area contributed by atoms with E-state index < -0.39 is 0 Å². The number of piperazine rings is 1. The molecule has 0 aliphatic carbocycles. The molecule has 0 unspecified atom stereocenters. The van der Waals surface area contributed by atoms with Crippen LogP contribution in [0.5, 0.6) is 5.75 Å². The van der Waals surface area contributed by atoms with Crippen LogP contribution in [-0.2, 0) is 4.79 Å². The number of ether oxygens (including phenoxy) is 1. The fourth-order valence-corrected chi connectivity index (χ4v) is 3.70. The highest BCUT2D eigenvalue weighted by Crippen LogP contribution is 2.27. The van der Waals surface area contributed by atoms with Gasteiger partial charge in [-0.3, -0.25) is 9.69 Å². The average molecular weight is 433 g/mol. The van der Waals surface area contributed by atoms with Crippen LogP contribution in [0.1, 0.15) is 18.4 Å². The van der Waals surface area contributed by atoms with Crippen LogP contribution in [-0.4, -0.2) is 55.0 Å². The van der Waals surface area contributed by atoms with Crippen LogP contribution in [0.3, 0.4) is 0 Å². The average Bonchev–Trinajstić information content (AvgIpc) is 2.73. The van der Waals surface area contributed by atoms with E-state index >= 15 is 0 Å². The Morgan fingerprint density at radius 3 is 2.52 bits per heavy atom. The summed E-state index contributed by atoms with van der Waals surface area (Å²) in [6.07, 6.45) is 5.48. The van der Waals surface area contributed by atoms with E-state index in [1.165, 1.54) is 5.56 Å². The Morgan fingerprint density at radius 1 is 1.03 bits per heavy atom. The second kappa shape index (κ2) is 11.2. The molecule has 0 atom stereocenters. The molecular weight excluding hydrogens is 407 g/mol. The maximum absolute atomic E-state index is 12.4. The fourth-order valence-electron chi connectivity index (χ4n) is 3.24. The highest BCUT2D eigenvalue weighted by Gasteiger charge is 2.20. The molecule has 1 amide bonds. The summed E-state index contributed by atoms with van der Waals surface area (Å²) in [6, 6.07) is 15.4. The van der Waals surface area contributed by atoms with E-state index in [0.717, 1.165) is 32.7 Å². The Kier molecular flexibility index (Phi) is 8.41. The third-order valence-corrected chi connectivity index (χ3v) is 5.42. The maximum atomic E-state index is 12.4. The number of hydrogen-bond acceptors (Lipinski definition) is 3. The van der Waals surface area contributed by atoms with Crippen molar-refractivity contribution in [3.8, 4) is 5.75 Å². The number of halogens is 2. The maximum Gasteiger partial charge on any atom is 0.222 e. The first-order valence-corrected chi connectivity index (χ1v) is 10.7. The molecule has 0 radical (unpaired) electrons. The molecule has 29 heavy (non-hydrogen) atoms. The highest BCUT2D eigenvalue weighted by molar-refractivity contribution is 6.35. The number of amides is 1. The highest BCUT2D eigenvalue weighted by atomic mass is 35.5. The monoisotopic (exact) mass is 432 g/mol. The minimum atomic E-state index is 0.190. The topological polar surface area (TPSA) is 32.8 Å². The molecule has 0 saturated carbocycles. The Bertz CT molecular complexity index is 819. The van der Waals surface area contributed by atoms with Gasteiger partial charge in [0, 0.05) is 44.2 Å². The number of hydrogen-bond donors (Lipinski definition) is 0. The molecule has 0 N–H and O–H groups in total. The van der Waals surface area contributed by atoms with Crippen molar-refractivity contribution in [2.45, 2.75) is 12.8 Å². The molecule has 2 aromatic rings. The van der Waals surface area contributed by atoms with Crippen molar-refractivity contribution in [1.82, 2.24) is 9.80 Å². The quantitative estimate of drug-likeness (QED) is 0.549. The summed E-state index contributed by atoms with van der Waals surface area (Å²) >= 11 is 12.0. The lowest BCUT2D eigenvalue weighted by Gasteiger charge is -2.34. The molecular formula is C23H26Cl2N2O2. The summed E-state index contributed by atoms with van der Waals surface area (Å²) in [4.78, 5) is 16.7. The Labute approximate surface area is 182 Å². The lowest BCUT2D eigenvalue weighted by molar-refractivity contribution is -0.133. The van der Waals surface area contributed by atoms with Crippen molar-refractivity contribution in [1.29, 1.82) is 0 Å². The van der Waals surface area contributed by atoms with Gasteiger partial charge in [0.15, 0.2) is 0 Å². The van der Waals surface area contributed by atoms with E-state index in [4.69, 9.17) is 27.9 Å². The van der Waals surface area contributed by atoms with Crippen LogP contribution in [0.4, 0.5) is 0 Å². The van der Waals surface area contributed by atoms with Gasteiger partial charge < -0.3 is 9.64 Å². The first-order chi connectivity index (χ1) is 14.1. The van der Waals surface area contributed by atoms with Gasteiger partial charge in [0.2, 0.25) is 5.91 Å². The van der Waals surface area contributed by atoms with Crippen LogP contribution in [0.2, 0.25) is 10.0 Å². The zero-order valence-corrected chi connectivity index (χ0v) is 17.9. The van der Waals surface area contributed by atoms with Crippen molar-refractivity contribution in [2.24, 2.45) is 0 Å². The molecule has 1 saturated heterocycles. The minimum Gasteiger partial charge on any atom is -0.492 e. The van der Waals surface area contributed by atoms with Gasteiger partial charge in [0.25, 0.3) is 0 Å². The Balaban J connectivity index is 1.32. The molecule has 0 spiro atoms. The van der Waals surface area contributed by atoms with Gasteiger partial charge >= 0.3 is 0 Å². The number of benzene rings is 2. The van der Waals surface area contributed by atoms with Crippen molar-refractivity contribution < 1.29 is 9.53 Å². The number of carbonyl (C=O) groups excluding carboxylic acids is 1. The van der Waals surface area contributed by atoms with Gasteiger partial charge in [0.05, 0.1) is 11.6 Å². The van der Waals surface area contributed by atoms with E-state index in [1.54, 1.807) is 18.2 Å². The third kappa shape index (κ3) is 7.07. The third-order valence-electron chi connectivity index (χ3n) is 4.88. The largest absolute Gasteiger partial charge is 0.492 e. The van der Waals surface area contributed by atoms with Gasteiger partial charge in [-0.2, -0.15) is 0 Å². The molecule has 1 aliphatic rings. The molecule has 1 aliphatic heterocycles. The molecule has 154 valence electrons. The summed E-state index contributed by atoms with van der Waals surface area (Å²) in [5.41, 5.74) is 1.21. The first kappa shape index (κ1) is 21.7. The SMILES string of the molecule is O=C(CCCOc1ccc(Cl)cc1Cl)N1CCN(C/C=C\c2ccccc2)CC1. The molecule has 0 bridgehead atoms. The van der Waals surface area contributed by atoms with Crippen molar-refractivity contribution in [2.75, 3.05) is 39.3 Å². The normalized spacial score (nSPS) is 15.0. The van der Waals surface area contributed by atoms with E-state index in [-0.39, 0.29) is 5.91 Å². The van der Waals surface area contributed by atoms with Crippen molar-refractivity contribution in [3.63, 3.8) is 0 Å². The van der Waals surface area contributed by atoms with E-state index in [0.29, 0.717) is 35.2 Å². The first-order valence-electron chi connectivity index (χ1n) is 9.91. The molecule has 6 heteroatoms. The Hall–Kier alpha value is -2.01. The van der Waals surface area contributed by atoms with E-state index in [9.17, 15) is 4.79 Å². The summed E-state index contributed by atoms with van der Waals surface area (Å²) in [7, 11) is 0. The van der Waals surface area contributed by atoms with Crippen LogP contribution in [0, 0.1) is 0 Å². The molecule has 0 aromatic heterocycles. The van der Waals surface area contributed by atoms with Crippen LogP contribution >= 0.6 is 23.2 Å². The lowest BCUT2D eigenvalue weighted by atomic mass is 10.2. The van der Waals surface area contributed by atoms with Crippen LogP contribution in [0.15, 0.2) is 54.6 Å². The van der Waals surface area contributed by atoms with E-state index in [1.807, 2.05) is 23.1 Å². The number of rotatable bonds is 8. The van der Waals surface area contributed by atoms with Crippen molar-refractivity contribution in [3.05, 3.63) is 70.2 Å². The van der Waals surface area contributed by atoms with Gasteiger partial charge in [-0.1, -0.05) is 65.7 Å². The predicted octanol–water partition coefficient (Wildman–Crippen LogP) is 5.01. The second-order valence-electron chi connectivity index (χ2n) is 7.02. The van der Waals surface area contributed by atoms with Crippen LogP contribution < -0.4 is 4.74 Å². The summed E-state index contributed by atoms with van der Waals surface area (Å²) < 4.78 is 5.65. The molecule has 1 heterocycles. The second-order valence-corrected chi connectivity index (χ2v) is 7.86. The summed E-state index contributed by atoms with van der Waals surface area (Å²) in [5, 5.41) is 1.06. The standard InChI is InChI=1S/C23H26Cl2N2O2/c24-20-10-11-22(21(25)18-20)29-17-5-9-23(28)27-15-13-26(14-16-27)12-4-8-19-6-2-1-3-7-19/h1-4,6-8,10-11,18H,5,9,12-17H2/b8-4-. The number of carbonyl (C=O) groups is 1. The molecule has 2 aromatic carbocycles. The molecule has 3 rings (SSSR count). The zero-order valence-electron chi connectivity index (χ0n) is 16.4. The summed E-state index contributed by atoms with van der Waals surface area (Å²) in [6.45, 7) is 4.73. The smallest absolute Gasteiger partial charge is 0.222 e. The zero-order chi connectivity index (χ0) is 20.5. The van der Waals surface area contributed by atoms with Gasteiger partial charge in [-0.15, -0.1) is 0 Å². The molecule has 1 fully saturated rings. The summed E-state index contributed by atoms with van der Waals surface area (Å²) in [5.74, 6) is 0.788. The van der Waals surface area contributed by atoms with Gasteiger partial charge in [0.1, 0.15) is 5.75 Å². The predicted molar refractivity (Wildman–Crippen MR) is 120 cm³/mol. The molecule has 4 nitrogen and oxygen atoms in total. The van der Waals surface area contributed by atoms with Gasteiger partial charge in [-0.25, -0.2) is 0 Å². The number of nitrogens with zero attached hydrogens (tertiary/aromatic N) is 2. The Morgan fingerprint density at radius 2 is 1.79 bits per heavy atom. The lowest BCUT2D eigenvalue weighted by Crippen LogP contribution is -2.48. The minimum absolute atomic E-state index is 0.190. The van der Waals surface area contributed by atoms with Crippen molar-refractivity contribution >= 4 is 35.2 Å².